The fourth-order valence-electron chi connectivity index (χ4n) is 5.22. The van der Waals surface area contributed by atoms with Gasteiger partial charge in [-0.05, 0) is 104 Å². The highest BCUT2D eigenvalue weighted by molar-refractivity contribution is 5.91. The zero-order valence-electron chi connectivity index (χ0n) is 17.5. The highest BCUT2D eigenvalue weighted by atomic mass is 19.1. The highest BCUT2D eigenvalue weighted by Gasteiger charge is 2.36. The van der Waals surface area contributed by atoms with Crippen molar-refractivity contribution in [2.75, 3.05) is 7.11 Å². The molecule has 4 unspecified atom stereocenters. The molecule has 0 radical (unpaired) electrons. The molecule has 158 valence electrons. The van der Waals surface area contributed by atoms with Gasteiger partial charge in [0.2, 0.25) is 0 Å². The quantitative estimate of drug-likeness (QED) is 0.320. The third kappa shape index (κ3) is 4.43. The van der Waals surface area contributed by atoms with Gasteiger partial charge in [0.1, 0.15) is 17.3 Å². The highest BCUT2D eigenvalue weighted by Crippen LogP contribution is 2.48. The van der Waals surface area contributed by atoms with E-state index < -0.39 is 5.97 Å². The van der Waals surface area contributed by atoms with Crippen LogP contribution in [0.25, 0.3) is 0 Å². The summed E-state index contributed by atoms with van der Waals surface area (Å²) in [5.41, 5.74) is 0.965. The molecule has 2 aliphatic carbocycles. The van der Waals surface area contributed by atoms with Crippen molar-refractivity contribution in [2.45, 2.75) is 44.4 Å². The largest absolute Gasteiger partial charge is 0.497 e. The van der Waals surface area contributed by atoms with Gasteiger partial charge in [0.25, 0.3) is 0 Å². The number of hydrogen-bond acceptors (Lipinski definition) is 3. The van der Waals surface area contributed by atoms with Gasteiger partial charge in [0, 0.05) is 0 Å². The van der Waals surface area contributed by atoms with Crippen LogP contribution in [-0.4, -0.2) is 13.1 Å². The Morgan fingerprint density at radius 1 is 1.00 bits per heavy atom. The van der Waals surface area contributed by atoms with Crippen molar-refractivity contribution in [2.24, 2.45) is 17.8 Å². The van der Waals surface area contributed by atoms with Crippen LogP contribution in [0.5, 0.6) is 11.5 Å². The van der Waals surface area contributed by atoms with E-state index in [0.29, 0.717) is 23.3 Å². The van der Waals surface area contributed by atoms with Gasteiger partial charge in [-0.15, -0.1) is 6.58 Å². The SMILES string of the molecule is C=CC1CCC2CC(c3ccc(C(=O)Oc4ccc(OC)cc4)cc3F)CCC2C1. The molecule has 0 heterocycles. The van der Waals surface area contributed by atoms with Crippen LogP contribution in [0.2, 0.25) is 0 Å². The van der Waals surface area contributed by atoms with Gasteiger partial charge in [-0.25, -0.2) is 9.18 Å². The molecule has 0 saturated heterocycles. The van der Waals surface area contributed by atoms with Gasteiger partial charge in [0.05, 0.1) is 12.7 Å². The van der Waals surface area contributed by atoms with E-state index in [4.69, 9.17) is 9.47 Å². The van der Waals surface area contributed by atoms with Crippen molar-refractivity contribution >= 4 is 5.97 Å². The number of halogens is 1. The lowest BCUT2D eigenvalue weighted by atomic mass is 9.64. The molecule has 0 aromatic heterocycles. The Labute approximate surface area is 177 Å². The van der Waals surface area contributed by atoms with Crippen molar-refractivity contribution in [3.05, 3.63) is 72.1 Å². The maximum absolute atomic E-state index is 14.9. The van der Waals surface area contributed by atoms with Gasteiger partial charge in [-0.2, -0.15) is 0 Å². The van der Waals surface area contributed by atoms with Crippen LogP contribution in [0.3, 0.4) is 0 Å². The van der Waals surface area contributed by atoms with E-state index >= 15 is 0 Å². The standard InChI is InChI=1S/C26H29FO3/c1-3-17-4-5-19-15-20(7-6-18(19)14-17)24-13-8-21(16-25(24)27)26(28)30-23-11-9-22(29-2)10-12-23/h3,8-13,16-20H,1,4-7,14-15H2,2H3. The predicted molar refractivity (Wildman–Crippen MR) is 115 cm³/mol. The van der Waals surface area contributed by atoms with Crippen molar-refractivity contribution in [3.63, 3.8) is 0 Å². The Hall–Kier alpha value is -2.62. The average molecular weight is 409 g/mol. The second-order valence-electron chi connectivity index (χ2n) is 8.64. The molecule has 4 heteroatoms. The van der Waals surface area contributed by atoms with E-state index in [1.807, 2.05) is 0 Å². The van der Waals surface area contributed by atoms with E-state index in [1.54, 1.807) is 43.5 Å². The lowest BCUT2D eigenvalue weighted by Crippen LogP contribution is -2.30. The first-order valence-electron chi connectivity index (χ1n) is 10.9. The van der Waals surface area contributed by atoms with Crippen LogP contribution in [0.1, 0.15) is 60.4 Å². The Morgan fingerprint density at radius 2 is 1.70 bits per heavy atom. The summed E-state index contributed by atoms with van der Waals surface area (Å²) in [6.45, 7) is 3.96. The molecule has 2 saturated carbocycles. The Balaban J connectivity index is 1.41. The number of rotatable bonds is 5. The van der Waals surface area contributed by atoms with E-state index in [1.165, 1.54) is 25.3 Å². The number of ether oxygens (including phenoxy) is 2. The Bertz CT molecular complexity index is 905. The van der Waals surface area contributed by atoms with Gasteiger partial charge in [-0.1, -0.05) is 12.1 Å². The number of hydrogen-bond donors (Lipinski definition) is 0. The lowest BCUT2D eigenvalue weighted by Gasteiger charge is -2.41. The molecule has 0 N–H and O–H groups in total. The van der Waals surface area contributed by atoms with E-state index in [9.17, 15) is 9.18 Å². The van der Waals surface area contributed by atoms with Gasteiger partial charge in [-0.3, -0.25) is 0 Å². The Kier molecular flexibility index (Phi) is 6.21. The summed E-state index contributed by atoms with van der Waals surface area (Å²) in [7, 11) is 1.57. The van der Waals surface area contributed by atoms with Crippen molar-refractivity contribution in [1.82, 2.24) is 0 Å². The normalized spacial score (nSPS) is 25.8. The molecule has 4 atom stereocenters. The summed E-state index contributed by atoms with van der Waals surface area (Å²) >= 11 is 0. The summed E-state index contributed by atoms with van der Waals surface area (Å²) in [6, 6.07) is 11.5. The molecule has 0 aliphatic heterocycles. The minimum absolute atomic E-state index is 0.229. The first-order chi connectivity index (χ1) is 14.6. The molecule has 0 amide bonds. The maximum atomic E-state index is 14.9. The second-order valence-corrected chi connectivity index (χ2v) is 8.64. The average Bonchev–Trinajstić information content (AvgIpc) is 2.78. The third-order valence-electron chi connectivity index (χ3n) is 6.93. The second kappa shape index (κ2) is 9.03. The molecule has 2 aromatic carbocycles. The number of esters is 1. The molecular formula is C26H29FO3. The van der Waals surface area contributed by atoms with Gasteiger partial charge >= 0.3 is 5.97 Å². The van der Waals surface area contributed by atoms with Crippen LogP contribution < -0.4 is 9.47 Å². The van der Waals surface area contributed by atoms with E-state index in [-0.39, 0.29) is 17.3 Å². The monoisotopic (exact) mass is 408 g/mol. The van der Waals surface area contributed by atoms with Crippen LogP contribution >= 0.6 is 0 Å². The molecule has 2 aromatic rings. The molecule has 30 heavy (non-hydrogen) atoms. The molecule has 0 spiro atoms. The summed E-state index contributed by atoms with van der Waals surface area (Å²) in [5.74, 6) is 2.53. The zero-order chi connectivity index (χ0) is 21.1. The summed E-state index contributed by atoms with van der Waals surface area (Å²) in [4.78, 5) is 12.4. The first kappa shape index (κ1) is 20.6. The smallest absolute Gasteiger partial charge is 0.343 e. The molecule has 4 rings (SSSR count). The molecule has 2 fully saturated rings. The zero-order valence-corrected chi connectivity index (χ0v) is 17.5. The van der Waals surface area contributed by atoms with Gasteiger partial charge in [0.15, 0.2) is 0 Å². The number of allylic oxidation sites excluding steroid dienone is 1. The number of benzene rings is 2. The van der Waals surface area contributed by atoms with Crippen molar-refractivity contribution < 1.29 is 18.7 Å². The summed E-state index contributed by atoms with van der Waals surface area (Å²) < 4.78 is 25.4. The maximum Gasteiger partial charge on any atom is 0.343 e. The van der Waals surface area contributed by atoms with E-state index in [0.717, 1.165) is 30.7 Å². The van der Waals surface area contributed by atoms with Crippen molar-refractivity contribution in [3.8, 4) is 11.5 Å². The molecular weight excluding hydrogens is 379 g/mol. The van der Waals surface area contributed by atoms with Crippen LogP contribution in [0.15, 0.2) is 55.1 Å². The fraction of sp³-hybridized carbons (Fsp3) is 0.423. The first-order valence-corrected chi connectivity index (χ1v) is 10.9. The van der Waals surface area contributed by atoms with Crippen LogP contribution in [0, 0.1) is 23.6 Å². The van der Waals surface area contributed by atoms with E-state index in [2.05, 4.69) is 12.7 Å². The number of methoxy groups -OCH3 is 1. The number of carbonyl (C=O) groups is 1. The Morgan fingerprint density at radius 3 is 2.40 bits per heavy atom. The van der Waals surface area contributed by atoms with Gasteiger partial charge < -0.3 is 9.47 Å². The summed E-state index contributed by atoms with van der Waals surface area (Å²) in [5, 5.41) is 0. The third-order valence-corrected chi connectivity index (χ3v) is 6.93. The molecule has 0 bridgehead atoms. The fourth-order valence-corrected chi connectivity index (χ4v) is 5.22. The molecule has 3 nitrogen and oxygen atoms in total. The van der Waals surface area contributed by atoms with Crippen LogP contribution in [-0.2, 0) is 0 Å². The minimum Gasteiger partial charge on any atom is -0.497 e. The predicted octanol–water partition coefficient (Wildman–Crippen LogP) is 6.54. The van der Waals surface area contributed by atoms with Crippen LogP contribution in [0.4, 0.5) is 4.39 Å². The van der Waals surface area contributed by atoms with Crippen molar-refractivity contribution in [1.29, 1.82) is 0 Å². The molecule has 2 aliphatic rings. The lowest BCUT2D eigenvalue weighted by molar-refractivity contribution is 0.0734. The topological polar surface area (TPSA) is 35.5 Å². The summed E-state index contributed by atoms with van der Waals surface area (Å²) in [6.07, 6.45) is 8.96. The number of carbonyl (C=O) groups excluding carboxylic acids is 1. The minimum atomic E-state index is -0.558. The number of fused-ring (bicyclic) bond motifs is 1.